The fourth-order valence-electron chi connectivity index (χ4n) is 2.37. The lowest BCUT2D eigenvalue weighted by atomic mass is 10.1. The predicted molar refractivity (Wildman–Crippen MR) is 99.1 cm³/mol. The van der Waals surface area contributed by atoms with Crippen LogP contribution in [0.4, 0.5) is 18.9 Å². The molecule has 2 N–H and O–H groups in total. The van der Waals surface area contributed by atoms with Gasteiger partial charge in [0.1, 0.15) is 0 Å². The van der Waals surface area contributed by atoms with E-state index in [2.05, 4.69) is 10.1 Å². The van der Waals surface area contributed by atoms with Crippen molar-refractivity contribution >= 4 is 29.2 Å². The summed E-state index contributed by atoms with van der Waals surface area (Å²) in [4.78, 5) is 24.9. The quantitative estimate of drug-likeness (QED) is 0.546. The molecule has 0 aliphatic heterocycles. The van der Waals surface area contributed by atoms with E-state index in [1.54, 1.807) is 24.4 Å². The van der Waals surface area contributed by atoms with Gasteiger partial charge in [-0.2, -0.15) is 13.2 Å². The number of hydrogen-bond acceptors (Lipinski definition) is 4. The summed E-state index contributed by atoms with van der Waals surface area (Å²) in [6.45, 7) is 2.81. The van der Waals surface area contributed by atoms with Crippen LogP contribution < -0.4 is 10.6 Å². The first kappa shape index (κ1) is 21.6. The van der Waals surface area contributed by atoms with Gasteiger partial charge in [-0.15, -0.1) is 0 Å². The molecule has 5 nitrogen and oxygen atoms in total. The number of amides is 1. The fraction of sp³-hybridized carbons (Fsp3) is 0.263. The summed E-state index contributed by atoms with van der Waals surface area (Å²) in [6.07, 6.45) is -5.22. The molecule has 1 atom stereocenters. The molecule has 9 heteroatoms. The maximum atomic E-state index is 14.1. The summed E-state index contributed by atoms with van der Waals surface area (Å²) in [7, 11) is 0. The van der Waals surface area contributed by atoms with Gasteiger partial charge in [-0.1, -0.05) is 41.4 Å². The minimum absolute atomic E-state index is 0.0320. The number of alkyl halides is 3. The lowest BCUT2D eigenvalue weighted by Gasteiger charge is -2.35. The lowest BCUT2D eigenvalue weighted by molar-refractivity contribution is -0.204. The third-order valence-corrected chi connectivity index (χ3v) is 4.14. The molecule has 1 amide bonds. The van der Waals surface area contributed by atoms with E-state index in [-0.39, 0.29) is 22.9 Å². The Kier molecular flexibility index (Phi) is 6.56. The Labute approximate surface area is 164 Å². The molecular weight excluding hydrogens is 397 g/mol. The van der Waals surface area contributed by atoms with Gasteiger partial charge in [0.2, 0.25) is 0 Å². The number of ether oxygens (including phenoxy) is 1. The van der Waals surface area contributed by atoms with Gasteiger partial charge >= 0.3 is 17.8 Å². The van der Waals surface area contributed by atoms with Crippen LogP contribution in [-0.2, 0) is 9.53 Å². The summed E-state index contributed by atoms with van der Waals surface area (Å²) in [5.74, 6) is -2.88. The summed E-state index contributed by atoms with van der Waals surface area (Å²) >= 11 is 5.90. The highest BCUT2D eigenvalue weighted by molar-refractivity contribution is 6.33. The predicted octanol–water partition coefficient (Wildman–Crippen LogP) is 4.31. The van der Waals surface area contributed by atoms with Gasteiger partial charge in [-0.25, -0.2) is 4.79 Å². The Hall–Kier alpha value is -2.74. The molecule has 0 aromatic heterocycles. The molecule has 2 rings (SSSR count). The van der Waals surface area contributed by atoms with Crippen LogP contribution in [0.25, 0.3) is 0 Å². The van der Waals surface area contributed by atoms with Crippen molar-refractivity contribution in [1.29, 1.82) is 0 Å². The first-order valence-electron chi connectivity index (χ1n) is 8.26. The van der Waals surface area contributed by atoms with Crippen LogP contribution in [0.3, 0.4) is 0 Å². The number of halogens is 4. The lowest BCUT2D eigenvalue weighted by Crippen LogP contribution is -2.69. The maximum absolute atomic E-state index is 14.1. The zero-order valence-corrected chi connectivity index (χ0v) is 15.8. The van der Waals surface area contributed by atoms with Crippen LogP contribution in [0.15, 0.2) is 48.5 Å². The molecule has 0 saturated carbocycles. The molecule has 0 aliphatic carbocycles. The van der Waals surface area contributed by atoms with Crippen LogP contribution >= 0.6 is 11.6 Å². The van der Waals surface area contributed by atoms with Crippen LogP contribution in [0, 0.1) is 6.92 Å². The average molecular weight is 415 g/mol. The number of carbonyl (C=O) groups excluding carboxylic acids is 2. The van der Waals surface area contributed by atoms with Gasteiger partial charge in [0, 0.05) is 5.69 Å². The molecule has 0 heterocycles. The molecule has 0 radical (unpaired) electrons. The van der Waals surface area contributed by atoms with E-state index in [1.165, 1.54) is 43.3 Å². The molecular formula is C19H18ClF3N2O3. The van der Waals surface area contributed by atoms with Crippen molar-refractivity contribution in [3.8, 4) is 0 Å². The molecule has 0 unspecified atom stereocenters. The Bertz CT molecular complexity index is 856. The first-order valence-corrected chi connectivity index (χ1v) is 8.64. The first-order chi connectivity index (χ1) is 13.1. The van der Waals surface area contributed by atoms with Crippen molar-refractivity contribution in [2.45, 2.75) is 25.7 Å². The van der Waals surface area contributed by atoms with Crippen LogP contribution in [-0.4, -0.2) is 30.3 Å². The summed E-state index contributed by atoms with van der Waals surface area (Å²) in [5, 5.41) is 3.77. The second-order valence-corrected chi connectivity index (χ2v) is 6.30. The number of anilines is 1. The molecule has 28 heavy (non-hydrogen) atoms. The van der Waals surface area contributed by atoms with Gasteiger partial charge in [0.05, 0.1) is 17.2 Å². The molecule has 0 bridgehead atoms. The average Bonchev–Trinajstić information content (AvgIpc) is 2.62. The molecule has 2 aromatic rings. The zero-order chi connectivity index (χ0) is 20.9. The monoisotopic (exact) mass is 414 g/mol. The second kappa shape index (κ2) is 8.52. The largest absolute Gasteiger partial charge is 0.463 e. The zero-order valence-electron chi connectivity index (χ0n) is 15.1. The van der Waals surface area contributed by atoms with E-state index in [9.17, 15) is 22.8 Å². The smallest absolute Gasteiger partial charge is 0.441 e. The molecule has 0 aliphatic rings. The minimum Gasteiger partial charge on any atom is -0.463 e. The fourth-order valence-corrected chi connectivity index (χ4v) is 2.59. The van der Waals surface area contributed by atoms with E-state index in [0.29, 0.717) is 0 Å². The standard InChI is InChI=1S/C19H18ClF3N2O3/c1-3-28-17(27)18(19(21,22)23,24-13-10-8-12(2)9-11-13)25-16(26)14-6-4-5-7-15(14)20/h4-11,24H,3H2,1-2H3,(H,25,26)/t18-/m0/s1. The summed E-state index contributed by atoms with van der Waals surface area (Å²) in [5.41, 5.74) is -2.95. The third kappa shape index (κ3) is 4.56. The number of aryl methyl sites for hydroxylation is 1. The number of carbonyl (C=O) groups is 2. The SMILES string of the molecule is CCOC(=O)[C@@](NC(=O)c1ccccc1Cl)(Nc1ccc(C)cc1)C(F)(F)F. The van der Waals surface area contributed by atoms with Gasteiger partial charge in [-0.3, -0.25) is 4.79 Å². The van der Waals surface area contributed by atoms with Crippen molar-refractivity contribution < 1.29 is 27.5 Å². The Balaban J connectivity index is 2.52. The van der Waals surface area contributed by atoms with Gasteiger partial charge < -0.3 is 15.4 Å². The topological polar surface area (TPSA) is 67.4 Å². The van der Waals surface area contributed by atoms with E-state index >= 15 is 0 Å². The number of rotatable bonds is 6. The van der Waals surface area contributed by atoms with Crippen LogP contribution in [0.2, 0.25) is 5.02 Å². The number of esters is 1. The molecule has 150 valence electrons. The highest BCUT2D eigenvalue weighted by atomic mass is 35.5. The molecule has 0 fully saturated rings. The number of nitrogens with one attached hydrogen (secondary N) is 2. The highest BCUT2D eigenvalue weighted by Crippen LogP contribution is 2.34. The number of benzene rings is 2. The summed E-state index contributed by atoms with van der Waals surface area (Å²) in [6, 6.07) is 11.4. The number of hydrogen-bond donors (Lipinski definition) is 2. The van der Waals surface area contributed by atoms with Crippen molar-refractivity contribution in [2.24, 2.45) is 0 Å². The van der Waals surface area contributed by atoms with Gasteiger partial charge in [0.15, 0.2) is 0 Å². The Morgan fingerprint density at radius 1 is 1.07 bits per heavy atom. The minimum atomic E-state index is -5.22. The summed E-state index contributed by atoms with van der Waals surface area (Å²) < 4.78 is 46.9. The normalized spacial score (nSPS) is 13.4. The Morgan fingerprint density at radius 2 is 1.68 bits per heavy atom. The Morgan fingerprint density at radius 3 is 2.21 bits per heavy atom. The molecule has 0 saturated heterocycles. The van der Waals surface area contributed by atoms with Gasteiger partial charge in [-0.05, 0) is 38.1 Å². The van der Waals surface area contributed by atoms with Crippen LogP contribution in [0.1, 0.15) is 22.8 Å². The molecule has 2 aromatic carbocycles. The van der Waals surface area contributed by atoms with Crippen molar-refractivity contribution in [1.82, 2.24) is 5.32 Å². The van der Waals surface area contributed by atoms with Crippen molar-refractivity contribution in [3.63, 3.8) is 0 Å². The van der Waals surface area contributed by atoms with Crippen molar-refractivity contribution in [2.75, 3.05) is 11.9 Å². The third-order valence-electron chi connectivity index (χ3n) is 3.81. The maximum Gasteiger partial charge on any atom is 0.441 e. The van der Waals surface area contributed by atoms with E-state index in [1.807, 2.05) is 0 Å². The van der Waals surface area contributed by atoms with Gasteiger partial charge in [0.25, 0.3) is 5.91 Å². The second-order valence-electron chi connectivity index (χ2n) is 5.89. The highest BCUT2D eigenvalue weighted by Gasteiger charge is 2.63. The van der Waals surface area contributed by atoms with Crippen LogP contribution in [0.5, 0.6) is 0 Å². The van der Waals surface area contributed by atoms with E-state index < -0.39 is 23.7 Å². The van der Waals surface area contributed by atoms with Crippen molar-refractivity contribution in [3.05, 3.63) is 64.7 Å². The van der Waals surface area contributed by atoms with E-state index in [4.69, 9.17) is 11.6 Å². The van der Waals surface area contributed by atoms with E-state index in [0.717, 1.165) is 5.56 Å². The molecule has 0 spiro atoms.